The number of alkyl halides is 1. The van der Waals surface area contributed by atoms with E-state index in [4.69, 9.17) is 11.6 Å². The van der Waals surface area contributed by atoms with E-state index in [9.17, 15) is 14.7 Å². The van der Waals surface area contributed by atoms with Crippen molar-refractivity contribution in [2.75, 3.05) is 12.4 Å². The molecule has 4 nitrogen and oxygen atoms in total. The Morgan fingerprint density at radius 3 is 2.58 bits per heavy atom. The van der Waals surface area contributed by atoms with Gasteiger partial charge in [0, 0.05) is 18.8 Å². The Kier molecular flexibility index (Phi) is 4.10. The van der Waals surface area contributed by atoms with E-state index in [0.717, 1.165) is 5.56 Å². The molecule has 0 aromatic heterocycles. The van der Waals surface area contributed by atoms with Crippen molar-refractivity contribution in [1.29, 1.82) is 0 Å². The summed E-state index contributed by atoms with van der Waals surface area (Å²) in [4.78, 5) is 24.8. The first-order valence-corrected chi connectivity index (χ1v) is 6.71. The zero-order valence-electron chi connectivity index (χ0n) is 10.7. The number of likely N-dealkylation sites (tertiary alicyclic amines) is 1. The lowest BCUT2D eigenvalue weighted by atomic mass is 10.0. The molecule has 5 heteroatoms. The minimum Gasteiger partial charge on any atom is -0.479 e. The molecule has 1 N–H and O–H groups in total. The number of hydrogen-bond donors (Lipinski definition) is 1. The fourth-order valence-corrected chi connectivity index (χ4v) is 2.57. The molecule has 2 rings (SSSR count). The number of carbonyl (C=O) groups excluding carboxylic acids is 1. The van der Waals surface area contributed by atoms with Gasteiger partial charge in [-0.3, -0.25) is 4.79 Å². The van der Waals surface area contributed by atoms with Crippen molar-refractivity contribution in [1.82, 2.24) is 4.90 Å². The summed E-state index contributed by atoms with van der Waals surface area (Å²) in [6.45, 7) is 2.34. The van der Waals surface area contributed by atoms with Crippen molar-refractivity contribution in [3.63, 3.8) is 0 Å². The van der Waals surface area contributed by atoms with Crippen molar-refractivity contribution in [3.05, 3.63) is 35.4 Å². The molecule has 1 aromatic carbocycles. The molecule has 0 bridgehead atoms. The van der Waals surface area contributed by atoms with Gasteiger partial charge in [-0.15, -0.1) is 11.6 Å². The first kappa shape index (κ1) is 13.9. The Labute approximate surface area is 117 Å². The van der Waals surface area contributed by atoms with Crippen molar-refractivity contribution < 1.29 is 14.7 Å². The van der Waals surface area contributed by atoms with Gasteiger partial charge < -0.3 is 10.0 Å². The Hall–Kier alpha value is -1.55. The third-order valence-corrected chi connectivity index (χ3v) is 3.83. The summed E-state index contributed by atoms with van der Waals surface area (Å²) in [5.74, 6) is -0.727. The fourth-order valence-electron chi connectivity index (χ4n) is 2.37. The molecule has 1 aliphatic heterocycles. The Morgan fingerprint density at radius 1 is 1.47 bits per heavy atom. The van der Waals surface area contributed by atoms with E-state index in [0.29, 0.717) is 24.4 Å². The van der Waals surface area contributed by atoms with Crippen LogP contribution in [0.5, 0.6) is 0 Å². The average Bonchev–Trinajstić information content (AvgIpc) is 2.73. The number of carboxylic acid groups (broad SMARTS) is 1. The van der Waals surface area contributed by atoms with E-state index in [1.807, 2.05) is 19.1 Å². The SMILES string of the molecule is Cc1ccc(C(C(=O)O)N2CC(CCl)CC2=O)cc1. The van der Waals surface area contributed by atoms with Crippen LogP contribution < -0.4 is 0 Å². The molecule has 19 heavy (non-hydrogen) atoms. The van der Waals surface area contributed by atoms with E-state index >= 15 is 0 Å². The van der Waals surface area contributed by atoms with E-state index in [1.54, 1.807) is 12.1 Å². The second-order valence-corrected chi connectivity index (χ2v) is 5.23. The van der Waals surface area contributed by atoms with Gasteiger partial charge in [0.15, 0.2) is 6.04 Å². The number of nitrogens with zero attached hydrogens (tertiary/aromatic N) is 1. The average molecular weight is 282 g/mol. The van der Waals surface area contributed by atoms with Crippen LogP contribution in [-0.2, 0) is 9.59 Å². The van der Waals surface area contributed by atoms with E-state index in [1.165, 1.54) is 4.90 Å². The highest BCUT2D eigenvalue weighted by Gasteiger charge is 2.38. The van der Waals surface area contributed by atoms with Crippen LogP contribution in [0.2, 0.25) is 0 Å². The maximum atomic E-state index is 11.9. The zero-order chi connectivity index (χ0) is 14.0. The molecule has 2 atom stereocenters. The topological polar surface area (TPSA) is 57.6 Å². The van der Waals surface area contributed by atoms with Gasteiger partial charge in [0.05, 0.1) is 0 Å². The maximum absolute atomic E-state index is 11.9. The second-order valence-electron chi connectivity index (χ2n) is 4.92. The van der Waals surface area contributed by atoms with Gasteiger partial charge in [0.25, 0.3) is 0 Å². The molecule has 0 saturated carbocycles. The standard InChI is InChI=1S/C14H16ClNO3/c1-9-2-4-11(5-3-9)13(14(18)19)16-8-10(7-15)6-12(16)17/h2-5,10,13H,6-8H2,1H3,(H,18,19). The molecular weight excluding hydrogens is 266 g/mol. The van der Waals surface area contributed by atoms with Crippen LogP contribution in [0.3, 0.4) is 0 Å². The van der Waals surface area contributed by atoms with Crippen LogP contribution >= 0.6 is 11.6 Å². The maximum Gasteiger partial charge on any atom is 0.331 e. The third kappa shape index (κ3) is 2.89. The summed E-state index contributed by atoms with van der Waals surface area (Å²) in [5, 5.41) is 9.41. The van der Waals surface area contributed by atoms with Gasteiger partial charge in [0.2, 0.25) is 5.91 Å². The number of hydrogen-bond acceptors (Lipinski definition) is 2. The number of aliphatic carboxylic acids is 1. The second kappa shape index (κ2) is 5.61. The summed E-state index contributed by atoms with van der Waals surface area (Å²) >= 11 is 5.76. The number of carbonyl (C=O) groups is 2. The van der Waals surface area contributed by atoms with Gasteiger partial charge in [-0.1, -0.05) is 29.8 Å². The van der Waals surface area contributed by atoms with E-state index in [-0.39, 0.29) is 11.8 Å². The molecule has 1 heterocycles. The molecule has 1 aliphatic rings. The van der Waals surface area contributed by atoms with Gasteiger partial charge in [-0.25, -0.2) is 4.79 Å². The lowest BCUT2D eigenvalue weighted by Crippen LogP contribution is -2.35. The lowest BCUT2D eigenvalue weighted by molar-refractivity contribution is -0.148. The number of aryl methyl sites for hydroxylation is 1. The summed E-state index contributed by atoms with van der Waals surface area (Å²) in [6.07, 6.45) is 0.332. The number of halogens is 1. The van der Waals surface area contributed by atoms with Gasteiger partial charge in [-0.2, -0.15) is 0 Å². The first-order valence-electron chi connectivity index (χ1n) is 6.17. The monoisotopic (exact) mass is 281 g/mol. The largest absolute Gasteiger partial charge is 0.479 e. The highest BCUT2D eigenvalue weighted by atomic mass is 35.5. The highest BCUT2D eigenvalue weighted by Crippen LogP contribution is 2.29. The van der Waals surface area contributed by atoms with Crippen molar-refractivity contribution >= 4 is 23.5 Å². The molecule has 0 spiro atoms. The quantitative estimate of drug-likeness (QED) is 0.861. The number of carboxylic acids is 1. The van der Waals surface area contributed by atoms with Crippen LogP contribution in [0.4, 0.5) is 0 Å². The molecule has 0 aliphatic carbocycles. The predicted octanol–water partition coefficient (Wildman–Crippen LogP) is 2.21. The van der Waals surface area contributed by atoms with Crippen molar-refractivity contribution in [2.45, 2.75) is 19.4 Å². The summed E-state index contributed by atoms with van der Waals surface area (Å²) in [7, 11) is 0. The Morgan fingerprint density at radius 2 is 2.11 bits per heavy atom. The Balaban J connectivity index is 2.28. The number of benzene rings is 1. The first-order chi connectivity index (χ1) is 9.02. The normalized spacial score (nSPS) is 20.6. The highest BCUT2D eigenvalue weighted by molar-refractivity contribution is 6.18. The van der Waals surface area contributed by atoms with Gasteiger partial charge in [0.1, 0.15) is 0 Å². The van der Waals surface area contributed by atoms with Crippen molar-refractivity contribution in [2.24, 2.45) is 5.92 Å². The predicted molar refractivity (Wildman–Crippen MR) is 72.1 cm³/mol. The minimum absolute atomic E-state index is 0.0430. The summed E-state index contributed by atoms with van der Waals surface area (Å²) < 4.78 is 0. The molecule has 1 fully saturated rings. The summed E-state index contributed by atoms with van der Waals surface area (Å²) in [6, 6.07) is 6.31. The minimum atomic E-state index is -1.01. The zero-order valence-corrected chi connectivity index (χ0v) is 11.4. The number of amides is 1. The lowest BCUT2D eigenvalue weighted by Gasteiger charge is -2.25. The third-order valence-electron chi connectivity index (χ3n) is 3.40. The van der Waals surface area contributed by atoms with Crippen LogP contribution in [0, 0.1) is 12.8 Å². The van der Waals surface area contributed by atoms with Crippen molar-refractivity contribution in [3.8, 4) is 0 Å². The van der Waals surface area contributed by atoms with Crippen LogP contribution in [0.15, 0.2) is 24.3 Å². The molecule has 1 saturated heterocycles. The van der Waals surface area contributed by atoms with Crippen LogP contribution in [-0.4, -0.2) is 34.3 Å². The van der Waals surface area contributed by atoms with Crippen LogP contribution in [0.25, 0.3) is 0 Å². The molecule has 1 amide bonds. The fraction of sp³-hybridized carbons (Fsp3) is 0.429. The molecule has 2 unspecified atom stereocenters. The smallest absolute Gasteiger partial charge is 0.331 e. The van der Waals surface area contributed by atoms with Crippen LogP contribution in [0.1, 0.15) is 23.6 Å². The molecule has 102 valence electrons. The molecule has 0 radical (unpaired) electrons. The van der Waals surface area contributed by atoms with Gasteiger partial charge in [-0.05, 0) is 18.4 Å². The number of rotatable bonds is 4. The Bertz CT molecular complexity index is 486. The summed E-state index contributed by atoms with van der Waals surface area (Å²) in [5.41, 5.74) is 1.68. The van der Waals surface area contributed by atoms with E-state index < -0.39 is 12.0 Å². The van der Waals surface area contributed by atoms with E-state index in [2.05, 4.69) is 0 Å². The van der Waals surface area contributed by atoms with Gasteiger partial charge >= 0.3 is 5.97 Å². The molecule has 1 aromatic rings. The molecular formula is C14H16ClNO3.